The Labute approximate surface area is 444 Å². The van der Waals surface area contributed by atoms with Crippen molar-refractivity contribution in [2.24, 2.45) is 5.41 Å². The molecule has 1 radical (unpaired) electrons. The summed E-state index contributed by atoms with van der Waals surface area (Å²) in [6.45, 7) is 21.4. The van der Waals surface area contributed by atoms with E-state index >= 15 is 0 Å². The van der Waals surface area contributed by atoms with Gasteiger partial charge >= 0.3 is 0 Å². The number of para-hydroxylation sites is 1. The first kappa shape index (κ1) is 46.9. The zero-order valence-corrected chi connectivity index (χ0v) is 45.5. The number of fused-ring (bicyclic) bond motifs is 10. The molecule has 0 aliphatic heterocycles. The molecule has 4 heterocycles. The van der Waals surface area contributed by atoms with Gasteiger partial charge < -0.3 is 13.4 Å². The van der Waals surface area contributed by atoms with E-state index in [0.717, 1.165) is 82.8 Å². The van der Waals surface area contributed by atoms with Gasteiger partial charge in [-0.3, -0.25) is 15.0 Å². The van der Waals surface area contributed by atoms with Crippen LogP contribution in [-0.4, -0.2) is 19.5 Å². The van der Waals surface area contributed by atoms with Crippen LogP contribution in [0.2, 0.25) is 0 Å². The Morgan fingerprint density at radius 3 is 1.97 bits per heavy atom. The number of hydrogen-bond donors (Lipinski definition) is 0. The average Bonchev–Trinajstić information content (AvgIpc) is 4.10. The Morgan fingerprint density at radius 2 is 1.27 bits per heavy atom. The summed E-state index contributed by atoms with van der Waals surface area (Å²) in [6.07, 6.45) is 0.222. The minimum Gasteiger partial charge on any atom is -0.497 e. The zero-order valence-electron chi connectivity index (χ0n) is 45.1. The van der Waals surface area contributed by atoms with Crippen molar-refractivity contribution in [2.75, 3.05) is 0 Å². The molecule has 0 amide bonds. The van der Waals surface area contributed by atoms with Crippen molar-refractivity contribution < 1.29 is 31.7 Å². The molecule has 6 nitrogen and oxygen atoms in total. The number of nitrogens with zero attached hydrogens (tertiary/aromatic N) is 4. The monoisotopic (exact) mass is 1140 g/mol. The van der Waals surface area contributed by atoms with E-state index < -0.39 is 11.8 Å². The predicted molar refractivity (Wildman–Crippen MR) is 299 cm³/mol. The molecular weight excluding hydrogens is 1070 g/mol. The fourth-order valence-electron chi connectivity index (χ4n) is 9.99. The van der Waals surface area contributed by atoms with E-state index in [1.807, 2.05) is 87.6 Å². The third kappa shape index (κ3) is 9.30. The summed E-state index contributed by atoms with van der Waals surface area (Å²) < 4.78 is 34.4. The molecule has 0 unspecified atom stereocenters. The average molecular weight is 1140 g/mol. The smallest absolute Gasteiger partial charge is 0.177 e. The zero-order chi connectivity index (χ0) is 51.8. The minimum absolute atomic E-state index is 0. The number of imidazole rings is 1. The van der Waals surface area contributed by atoms with Crippen molar-refractivity contribution in [3.8, 4) is 39.6 Å². The number of hydrogen-bond acceptors (Lipinski definition) is 5. The van der Waals surface area contributed by atoms with E-state index in [1.165, 1.54) is 22.3 Å². The summed E-state index contributed by atoms with van der Waals surface area (Å²) in [7, 11) is 0. The Balaban J connectivity index is 0.000000323. The molecule has 0 fully saturated rings. The van der Waals surface area contributed by atoms with Crippen LogP contribution in [0, 0.1) is 17.5 Å². The molecular formula is C66H60IrN4O2-2. The summed E-state index contributed by atoms with van der Waals surface area (Å²) in [5, 5.41) is 5.96. The number of furan rings is 2. The van der Waals surface area contributed by atoms with Gasteiger partial charge in [0.05, 0.1) is 28.3 Å². The summed E-state index contributed by atoms with van der Waals surface area (Å²) in [6, 6.07) is 58.4. The number of rotatable bonds is 7. The van der Waals surface area contributed by atoms with Crippen molar-refractivity contribution in [2.45, 2.75) is 92.9 Å². The van der Waals surface area contributed by atoms with E-state index in [1.54, 1.807) is 0 Å². The van der Waals surface area contributed by atoms with Gasteiger partial charge in [-0.15, -0.1) is 54.1 Å². The Kier molecular flexibility index (Phi) is 12.4. The Hall–Kier alpha value is -7.18. The summed E-state index contributed by atoms with van der Waals surface area (Å²) >= 11 is 0. The molecule has 73 heavy (non-hydrogen) atoms. The van der Waals surface area contributed by atoms with E-state index in [9.17, 15) is 2.74 Å². The van der Waals surface area contributed by atoms with Crippen LogP contribution in [0.15, 0.2) is 167 Å². The van der Waals surface area contributed by atoms with Crippen molar-refractivity contribution in [1.82, 2.24) is 19.5 Å². The summed E-state index contributed by atoms with van der Waals surface area (Å²) in [5.74, 6) is 1.78. The SMILES string of the molecule is CC(C)(C)c1ccnc(-c2[c-]cccc2)n1.[2H]C([2H])(c1ccc2ccc3nc(-c4[c-]ccc5c4oc4c5ccc5c6ccccc6oc54)n(-c4c(C(C)C)cc(-c5ccccc5)cc4C(C)C)c3c2c1)C(C)(C)C.[Ir]. The van der Waals surface area contributed by atoms with Crippen LogP contribution in [0.5, 0.6) is 0 Å². The maximum atomic E-state index is 9.30. The molecule has 0 saturated carbocycles. The van der Waals surface area contributed by atoms with Gasteiger partial charge in [0.2, 0.25) is 0 Å². The molecule has 0 spiro atoms. The third-order valence-electron chi connectivity index (χ3n) is 13.4. The number of aromatic nitrogens is 4. The van der Waals surface area contributed by atoms with Crippen LogP contribution < -0.4 is 0 Å². The maximum Gasteiger partial charge on any atom is 0.177 e. The molecule has 0 saturated heterocycles. The van der Waals surface area contributed by atoms with E-state index in [-0.39, 0.29) is 37.4 Å². The van der Waals surface area contributed by atoms with Gasteiger partial charge in [-0.1, -0.05) is 153 Å². The normalized spacial score (nSPS) is 12.8. The first-order valence-corrected chi connectivity index (χ1v) is 25.1. The molecule has 8 aromatic carbocycles. The number of benzene rings is 8. The Morgan fingerprint density at radius 1 is 0.603 bits per heavy atom. The van der Waals surface area contributed by atoms with Crippen molar-refractivity contribution in [3.05, 3.63) is 192 Å². The summed E-state index contributed by atoms with van der Waals surface area (Å²) in [5.41, 5.74) is 13.3. The first-order chi connectivity index (χ1) is 35.4. The van der Waals surface area contributed by atoms with E-state index in [0.29, 0.717) is 22.6 Å². The van der Waals surface area contributed by atoms with Crippen molar-refractivity contribution in [3.63, 3.8) is 0 Å². The van der Waals surface area contributed by atoms with Gasteiger partial charge in [-0.05, 0) is 99.3 Å². The van der Waals surface area contributed by atoms with Gasteiger partial charge in [-0.25, -0.2) is 0 Å². The standard InChI is InChI=1S/C52H45N2O2.C14H15N2.Ir/c1-30(2)41-27-35(33-14-9-8-10-15-33)28-42(31(3)4)46(41)54-47-43-26-32(29-52(5,6)7)20-21-34(43)22-25-44(47)53-51(54)40-18-13-17-37-39-24-23-38-36-16-11-12-19-45(36)55-49(38)50(39)56-48(37)40;1-14(2,3)12-9-10-15-13(16-12)11-7-5-4-6-8-11;/h8-17,19-28,30-31H,29H2,1-7H3;4-7,9-10H,1-3H3;/q2*-1;/i29D2;;. The van der Waals surface area contributed by atoms with Gasteiger partial charge in [0, 0.05) is 67.4 Å². The van der Waals surface area contributed by atoms with Crippen LogP contribution in [0.4, 0.5) is 0 Å². The van der Waals surface area contributed by atoms with Gasteiger partial charge in [0.15, 0.2) is 11.2 Å². The van der Waals surface area contributed by atoms with E-state index in [2.05, 4.69) is 166 Å². The fourth-order valence-corrected chi connectivity index (χ4v) is 9.99. The molecule has 12 rings (SSSR count). The van der Waals surface area contributed by atoms with Gasteiger partial charge in [0.25, 0.3) is 0 Å². The second-order valence-electron chi connectivity index (χ2n) is 21.6. The third-order valence-corrected chi connectivity index (χ3v) is 13.4. The van der Waals surface area contributed by atoms with Crippen LogP contribution in [0.1, 0.15) is 106 Å². The topological polar surface area (TPSA) is 69.9 Å². The second-order valence-corrected chi connectivity index (χ2v) is 21.6. The Bertz CT molecular complexity index is 4050. The molecule has 12 aromatic rings. The van der Waals surface area contributed by atoms with Crippen LogP contribution >= 0.6 is 0 Å². The first-order valence-electron chi connectivity index (χ1n) is 26.1. The largest absolute Gasteiger partial charge is 0.497 e. The van der Waals surface area contributed by atoms with Crippen molar-refractivity contribution in [1.29, 1.82) is 0 Å². The fraction of sp³-hybridized carbons (Fsp3) is 0.227. The second kappa shape index (κ2) is 19.3. The predicted octanol–water partition coefficient (Wildman–Crippen LogP) is 18.2. The molecule has 4 aromatic heterocycles. The molecule has 0 N–H and O–H groups in total. The van der Waals surface area contributed by atoms with Crippen molar-refractivity contribution >= 4 is 65.7 Å². The minimum atomic E-state index is -1.59. The maximum absolute atomic E-state index is 9.30. The molecule has 7 heteroatoms. The molecule has 0 atom stereocenters. The van der Waals surface area contributed by atoms with Crippen LogP contribution in [-0.2, 0) is 31.9 Å². The molecule has 0 aliphatic rings. The molecule has 367 valence electrons. The quantitative estimate of drug-likeness (QED) is 0.149. The van der Waals surface area contributed by atoms with Crippen LogP contribution in [0.25, 0.3) is 105 Å². The molecule has 0 bridgehead atoms. The molecule has 0 aliphatic carbocycles. The van der Waals surface area contributed by atoms with Crippen LogP contribution in [0.3, 0.4) is 0 Å². The van der Waals surface area contributed by atoms with Gasteiger partial charge in [-0.2, -0.15) is 0 Å². The van der Waals surface area contributed by atoms with Gasteiger partial charge in [0.1, 0.15) is 5.58 Å². The summed E-state index contributed by atoms with van der Waals surface area (Å²) in [4.78, 5) is 14.4. The van der Waals surface area contributed by atoms with E-state index in [4.69, 9.17) is 13.8 Å².